The molecule has 5 nitrogen and oxygen atoms in total. The van der Waals surface area contributed by atoms with Crippen molar-refractivity contribution in [2.75, 3.05) is 29.9 Å². The lowest BCUT2D eigenvalue weighted by atomic mass is 9.82. The monoisotopic (exact) mass is 297 g/mol. The molecule has 1 aliphatic heterocycles. The van der Waals surface area contributed by atoms with Crippen molar-refractivity contribution in [2.24, 2.45) is 5.41 Å². The van der Waals surface area contributed by atoms with Crippen LogP contribution >= 0.6 is 11.6 Å². The fourth-order valence-electron chi connectivity index (χ4n) is 2.73. The number of anilines is 2. The van der Waals surface area contributed by atoms with E-state index in [1.54, 1.807) is 0 Å². The van der Waals surface area contributed by atoms with Gasteiger partial charge in [0.15, 0.2) is 0 Å². The fraction of sp³-hybridized carbons (Fsp3) is 0.786. The number of rotatable bonds is 6. The van der Waals surface area contributed by atoms with Crippen LogP contribution in [0.15, 0.2) is 0 Å². The first-order valence-corrected chi connectivity index (χ1v) is 7.90. The van der Waals surface area contributed by atoms with Gasteiger partial charge in [-0.05, 0) is 42.7 Å². The second-order valence-electron chi connectivity index (χ2n) is 5.53. The molecular weight excluding hydrogens is 274 g/mol. The molecule has 2 rings (SSSR count). The highest BCUT2D eigenvalue weighted by atomic mass is 35.5. The zero-order valence-corrected chi connectivity index (χ0v) is 13.4. The molecule has 1 saturated heterocycles. The van der Waals surface area contributed by atoms with E-state index in [1.807, 2.05) is 0 Å². The molecule has 1 N–H and O–H groups in total. The van der Waals surface area contributed by atoms with Crippen molar-refractivity contribution in [1.29, 1.82) is 0 Å². The first-order chi connectivity index (χ1) is 9.62. The predicted molar refractivity (Wildman–Crippen MR) is 83.5 cm³/mol. The number of hydrogen-bond acceptors (Lipinski definition) is 5. The van der Waals surface area contributed by atoms with E-state index < -0.39 is 0 Å². The van der Waals surface area contributed by atoms with Crippen LogP contribution in [0.25, 0.3) is 0 Å². The molecule has 0 aromatic carbocycles. The van der Waals surface area contributed by atoms with Gasteiger partial charge in [0.05, 0.1) is 0 Å². The Bertz CT molecular complexity index is 447. The van der Waals surface area contributed by atoms with Crippen LogP contribution in [0, 0.1) is 5.41 Å². The van der Waals surface area contributed by atoms with Gasteiger partial charge in [0.2, 0.25) is 17.2 Å². The third-order valence-electron chi connectivity index (χ3n) is 4.35. The lowest BCUT2D eigenvalue weighted by Gasteiger charge is -2.26. The highest BCUT2D eigenvalue weighted by molar-refractivity contribution is 6.28. The van der Waals surface area contributed by atoms with Gasteiger partial charge >= 0.3 is 0 Å². The fourth-order valence-corrected chi connectivity index (χ4v) is 2.89. The predicted octanol–water partition coefficient (Wildman–Crippen LogP) is 3.36. The van der Waals surface area contributed by atoms with Crippen LogP contribution in [0.1, 0.15) is 46.5 Å². The van der Waals surface area contributed by atoms with Gasteiger partial charge in [0, 0.05) is 19.6 Å². The molecular formula is C14H24ClN5. The van der Waals surface area contributed by atoms with Gasteiger partial charge in [-0.3, -0.25) is 0 Å². The lowest BCUT2D eigenvalue weighted by Crippen LogP contribution is -2.27. The average molecular weight is 298 g/mol. The van der Waals surface area contributed by atoms with Crippen LogP contribution in [0.3, 0.4) is 0 Å². The molecule has 1 aromatic heterocycles. The Morgan fingerprint density at radius 1 is 1.20 bits per heavy atom. The Hall–Kier alpha value is -1.10. The summed E-state index contributed by atoms with van der Waals surface area (Å²) in [4.78, 5) is 15.1. The maximum absolute atomic E-state index is 6.02. The largest absolute Gasteiger partial charge is 0.354 e. The zero-order chi connectivity index (χ0) is 14.6. The van der Waals surface area contributed by atoms with Gasteiger partial charge in [0.25, 0.3) is 0 Å². The van der Waals surface area contributed by atoms with E-state index in [0.29, 0.717) is 17.3 Å². The summed E-state index contributed by atoms with van der Waals surface area (Å²) in [5.74, 6) is 1.28. The quantitative estimate of drug-likeness (QED) is 0.872. The van der Waals surface area contributed by atoms with E-state index in [9.17, 15) is 0 Å². The standard InChI is InChI=1S/C14H24ClN5/c1-4-8-16-12-17-11(15)18-13(19-12)20-9-7-14(5-2,6-3)10-20/h4-10H2,1-3H3,(H,16,17,18,19). The van der Waals surface area contributed by atoms with Crippen molar-refractivity contribution >= 4 is 23.5 Å². The topological polar surface area (TPSA) is 53.9 Å². The lowest BCUT2D eigenvalue weighted by molar-refractivity contribution is 0.301. The number of aromatic nitrogens is 3. The Balaban J connectivity index is 2.15. The molecule has 1 fully saturated rings. The highest BCUT2D eigenvalue weighted by Gasteiger charge is 2.36. The summed E-state index contributed by atoms with van der Waals surface area (Å²) < 4.78 is 0. The van der Waals surface area contributed by atoms with Crippen LogP contribution in [0.2, 0.25) is 5.28 Å². The Morgan fingerprint density at radius 2 is 1.95 bits per heavy atom. The van der Waals surface area contributed by atoms with Crippen LogP contribution < -0.4 is 10.2 Å². The molecule has 0 unspecified atom stereocenters. The molecule has 1 aliphatic rings. The molecule has 112 valence electrons. The summed E-state index contributed by atoms with van der Waals surface area (Å²) in [7, 11) is 0. The van der Waals surface area contributed by atoms with Gasteiger partial charge in [-0.1, -0.05) is 20.8 Å². The van der Waals surface area contributed by atoms with Gasteiger partial charge in [-0.2, -0.15) is 15.0 Å². The summed E-state index contributed by atoms with van der Waals surface area (Å²) >= 11 is 6.02. The van der Waals surface area contributed by atoms with Crippen molar-refractivity contribution in [2.45, 2.75) is 46.5 Å². The van der Waals surface area contributed by atoms with Crippen LogP contribution in [-0.2, 0) is 0 Å². The second-order valence-corrected chi connectivity index (χ2v) is 5.87. The molecule has 0 atom stereocenters. The first-order valence-electron chi connectivity index (χ1n) is 7.53. The van der Waals surface area contributed by atoms with Crippen molar-refractivity contribution < 1.29 is 0 Å². The number of nitrogens with zero attached hydrogens (tertiary/aromatic N) is 4. The van der Waals surface area contributed by atoms with Crippen molar-refractivity contribution in [1.82, 2.24) is 15.0 Å². The van der Waals surface area contributed by atoms with Crippen LogP contribution in [0.5, 0.6) is 0 Å². The Morgan fingerprint density at radius 3 is 2.55 bits per heavy atom. The SMILES string of the molecule is CCCNc1nc(Cl)nc(N2CCC(CC)(CC)C2)n1. The number of hydrogen-bond donors (Lipinski definition) is 1. The molecule has 0 saturated carbocycles. The first kappa shape index (κ1) is 15.3. The summed E-state index contributed by atoms with van der Waals surface area (Å²) in [6, 6.07) is 0. The highest BCUT2D eigenvalue weighted by Crippen LogP contribution is 2.38. The minimum absolute atomic E-state index is 0.263. The van der Waals surface area contributed by atoms with Crippen molar-refractivity contribution in [3.63, 3.8) is 0 Å². The molecule has 0 aliphatic carbocycles. The van der Waals surface area contributed by atoms with E-state index >= 15 is 0 Å². The summed E-state index contributed by atoms with van der Waals surface area (Å²) in [6.07, 6.45) is 4.61. The van der Waals surface area contributed by atoms with E-state index in [4.69, 9.17) is 11.6 Å². The van der Waals surface area contributed by atoms with E-state index in [1.165, 1.54) is 19.3 Å². The Kier molecular flexibility index (Phi) is 5.02. The van der Waals surface area contributed by atoms with Gasteiger partial charge < -0.3 is 10.2 Å². The van der Waals surface area contributed by atoms with E-state index in [2.05, 4.69) is 45.9 Å². The summed E-state index contributed by atoms with van der Waals surface area (Å²) in [5.41, 5.74) is 0.399. The number of halogens is 1. The summed E-state index contributed by atoms with van der Waals surface area (Å²) in [6.45, 7) is 9.48. The number of nitrogens with one attached hydrogen (secondary N) is 1. The smallest absolute Gasteiger partial charge is 0.231 e. The third-order valence-corrected chi connectivity index (χ3v) is 4.52. The second kappa shape index (κ2) is 6.57. The van der Waals surface area contributed by atoms with Crippen LogP contribution in [-0.4, -0.2) is 34.6 Å². The van der Waals surface area contributed by atoms with Gasteiger partial charge in [0.1, 0.15) is 0 Å². The minimum atomic E-state index is 0.263. The van der Waals surface area contributed by atoms with Crippen molar-refractivity contribution in [3.05, 3.63) is 5.28 Å². The third kappa shape index (κ3) is 3.32. The van der Waals surface area contributed by atoms with Gasteiger partial charge in [-0.15, -0.1) is 0 Å². The molecule has 0 spiro atoms. The average Bonchev–Trinajstić information content (AvgIpc) is 2.90. The molecule has 20 heavy (non-hydrogen) atoms. The van der Waals surface area contributed by atoms with Crippen molar-refractivity contribution in [3.8, 4) is 0 Å². The van der Waals surface area contributed by atoms with Gasteiger partial charge in [-0.25, -0.2) is 0 Å². The Labute approximate surface area is 126 Å². The molecule has 1 aromatic rings. The molecule has 6 heteroatoms. The molecule has 0 radical (unpaired) electrons. The maximum atomic E-state index is 6.02. The minimum Gasteiger partial charge on any atom is -0.354 e. The molecule has 0 bridgehead atoms. The normalized spacial score (nSPS) is 17.5. The van der Waals surface area contributed by atoms with E-state index in [0.717, 1.165) is 26.1 Å². The molecule has 2 heterocycles. The maximum Gasteiger partial charge on any atom is 0.231 e. The summed E-state index contributed by atoms with van der Waals surface area (Å²) in [5, 5.41) is 3.44. The van der Waals surface area contributed by atoms with E-state index in [-0.39, 0.29) is 5.28 Å². The molecule has 0 amide bonds. The van der Waals surface area contributed by atoms with Crippen LogP contribution in [0.4, 0.5) is 11.9 Å². The zero-order valence-electron chi connectivity index (χ0n) is 12.6.